The van der Waals surface area contributed by atoms with E-state index < -0.39 is 0 Å². The van der Waals surface area contributed by atoms with E-state index in [1.807, 2.05) is 36.4 Å². The zero-order valence-corrected chi connectivity index (χ0v) is 18.0. The SMILES string of the molecule is O=C(Cc1cccnc1)Cc1cc(-c2cccc(NCC3CCOCC3)n2)c(Cl)cn1. The molecule has 0 spiro atoms. The summed E-state index contributed by atoms with van der Waals surface area (Å²) in [6.45, 7) is 2.53. The van der Waals surface area contributed by atoms with Crippen LogP contribution in [0.15, 0.2) is 55.0 Å². The number of halogens is 1. The van der Waals surface area contributed by atoms with E-state index in [2.05, 4.69) is 15.3 Å². The molecule has 3 aromatic rings. The summed E-state index contributed by atoms with van der Waals surface area (Å²) in [4.78, 5) is 25.6. The largest absolute Gasteiger partial charge is 0.381 e. The summed E-state index contributed by atoms with van der Waals surface area (Å²) < 4.78 is 5.42. The van der Waals surface area contributed by atoms with E-state index in [1.165, 1.54) is 0 Å². The van der Waals surface area contributed by atoms with Crippen LogP contribution >= 0.6 is 11.6 Å². The van der Waals surface area contributed by atoms with Crippen LogP contribution in [-0.4, -0.2) is 40.5 Å². The molecule has 160 valence electrons. The van der Waals surface area contributed by atoms with Crippen molar-refractivity contribution in [1.29, 1.82) is 0 Å². The van der Waals surface area contributed by atoms with Gasteiger partial charge in [-0.1, -0.05) is 23.7 Å². The van der Waals surface area contributed by atoms with Crippen molar-refractivity contribution in [2.75, 3.05) is 25.1 Å². The van der Waals surface area contributed by atoms with Crippen molar-refractivity contribution in [1.82, 2.24) is 15.0 Å². The zero-order valence-electron chi connectivity index (χ0n) is 17.3. The van der Waals surface area contributed by atoms with Gasteiger partial charge in [0.25, 0.3) is 0 Å². The first kappa shape index (κ1) is 21.4. The third-order valence-electron chi connectivity index (χ3n) is 5.35. The minimum Gasteiger partial charge on any atom is -0.381 e. The molecule has 1 fully saturated rings. The number of pyridine rings is 3. The smallest absolute Gasteiger partial charge is 0.143 e. The van der Waals surface area contributed by atoms with Crippen molar-refractivity contribution >= 4 is 23.2 Å². The first-order valence-electron chi connectivity index (χ1n) is 10.5. The molecule has 0 radical (unpaired) electrons. The summed E-state index contributed by atoms with van der Waals surface area (Å²) in [5.41, 5.74) is 3.10. The highest BCUT2D eigenvalue weighted by Crippen LogP contribution is 2.28. The third-order valence-corrected chi connectivity index (χ3v) is 5.65. The Bertz CT molecular complexity index is 1020. The fourth-order valence-electron chi connectivity index (χ4n) is 3.65. The Labute approximate surface area is 187 Å². The number of carbonyl (C=O) groups excluding carboxylic acids is 1. The highest BCUT2D eigenvalue weighted by atomic mass is 35.5. The third kappa shape index (κ3) is 6.09. The van der Waals surface area contributed by atoms with Crippen LogP contribution in [0.4, 0.5) is 5.82 Å². The number of carbonyl (C=O) groups is 1. The number of Topliss-reactive ketones (excluding diaryl/α,β-unsaturated/α-hetero) is 1. The average molecular weight is 437 g/mol. The van der Waals surface area contributed by atoms with E-state index in [1.54, 1.807) is 18.6 Å². The first-order chi connectivity index (χ1) is 15.2. The molecule has 6 nitrogen and oxygen atoms in total. The van der Waals surface area contributed by atoms with Gasteiger partial charge in [-0.05, 0) is 48.6 Å². The molecule has 0 saturated carbocycles. The molecule has 7 heteroatoms. The summed E-state index contributed by atoms with van der Waals surface area (Å²) in [6.07, 6.45) is 7.70. The zero-order chi connectivity index (χ0) is 21.5. The van der Waals surface area contributed by atoms with Crippen LogP contribution in [0.5, 0.6) is 0 Å². The summed E-state index contributed by atoms with van der Waals surface area (Å²) >= 11 is 6.42. The predicted octanol–water partition coefficient (Wildman–Crippen LogP) is 4.38. The Kier molecular flexibility index (Phi) is 7.22. The van der Waals surface area contributed by atoms with Crippen LogP contribution in [0.25, 0.3) is 11.3 Å². The molecule has 1 saturated heterocycles. The summed E-state index contributed by atoms with van der Waals surface area (Å²) in [5, 5.41) is 3.94. The van der Waals surface area contributed by atoms with Crippen molar-refractivity contribution in [2.24, 2.45) is 5.92 Å². The first-order valence-corrected chi connectivity index (χ1v) is 10.9. The van der Waals surface area contributed by atoms with E-state index in [9.17, 15) is 4.79 Å². The summed E-state index contributed by atoms with van der Waals surface area (Å²) in [7, 11) is 0. The van der Waals surface area contributed by atoms with Crippen LogP contribution in [0.3, 0.4) is 0 Å². The van der Waals surface area contributed by atoms with Crippen LogP contribution in [0.1, 0.15) is 24.1 Å². The fourth-order valence-corrected chi connectivity index (χ4v) is 3.85. The van der Waals surface area contributed by atoms with E-state index in [0.717, 1.165) is 55.2 Å². The normalized spacial score (nSPS) is 14.4. The van der Waals surface area contributed by atoms with Crippen LogP contribution in [0, 0.1) is 5.92 Å². The number of nitrogens with one attached hydrogen (secondary N) is 1. The quantitative estimate of drug-likeness (QED) is 0.564. The Balaban J connectivity index is 1.44. The summed E-state index contributed by atoms with van der Waals surface area (Å²) in [5.74, 6) is 1.49. The molecular weight excluding hydrogens is 412 g/mol. The second-order valence-electron chi connectivity index (χ2n) is 7.75. The lowest BCUT2D eigenvalue weighted by Crippen LogP contribution is -2.22. The number of hydrogen-bond acceptors (Lipinski definition) is 6. The molecule has 1 N–H and O–H groups in total. The minimum absolute atomic E-state index is 0.0774. The number of anilines is 1. The Hall–Kier alpha value is -2.83. The summed E-state index contributed by atoms with van der Waals surface area (Å²) in [6, 6.07) is 11.4. The molecule has 4 heterocycles. The van der Waals surface area contributed by atoms with E-state index in [4.69, 9.17) is 21.3 Å². The van der Waals surface area contributed by atoms with Crippen LogP contribution in [0.2, 0.25) is 5.02 Å². The van der Waals surface area contributed by atoms with Gasteiger partial charge in [-0.3, -0.25) is 14.8 Å². The van der Waals surface area contributed by atoms with Gasteiger partial charge < -0.3 is 10.1 Å². The molecular formula is C24H25ClN4O2. The van der Waals surface area contributed by atoms with Gasteiger partial charge in [0.2, 0.25) is 0 Å². The minimum atomic E-state index is 0.0774. The lowest BCUT2D eigenvalue weighted by atomic mass is 10.0. The number of hydrogen-bond donors (Lipinski definition) is 1. The molecule has 0 amide bonds. The second kappa shape index (κ2) is 10.5. The van der Waals surface area contributed by atoms with E-state index in [-0.39, 0.29) is 12.2 Å². The topological polar surface area (TPSA) is 77.0 Å². The number of rotatable bonds is 8. The van der Waals surface area contributed by atoms with Gasteiger partial charge in [-0.2, -0.15) is 0 Å². The van der Waals surface area contributed by atoms with Crippen molar-refractivity contribution in [3.05, 3.63) is 71.3 Å². The van der Waals surface area contributed by atoms with Crippen molar-refractivity contribution in [3.8, 4) is 11.3 Å². The lowest BCUT2D eigenvalue weighted by Gasteiger charge is -2.22. The fraction of sp³-hybridized carbons (Fsp3) is 0.333. The van der Waals surface area contributed by atoms with Gasteiger partial charge in [0.1, 0.15) is 11.6 Å². The highest BCUT2D eigenvalue weighted by molar-refractivity contribution is 6.33. The van der Waals surface area contributed by atoms with Crippen LogP contribution in [-0.2, 0) is 22.4 Å². The van der Waals surface area contributed by atoms with Gasteiger partial charge in [-0.15, -0.1) is 0 Å². The second-order valence-corrected chi connectivity index (χ2v) is 8.16. The number of aromatic nitrogens is 3. The van der Waals surface area contributed by atoms with Gasteiger partial charge >= 0.3 is 0 Å². The van der Waals surface area contributed by atoms with Crippen molar-refractivity contribution < 1.29 is 9.53 Å². The van der Waals surface area contributed by atoms with E-state index in [0.29, 0.717) is 23.1 Å². The molecule has 1 aliphatic rings. The molecule has 0 bridgehead atoms. The predicted molar refractivity (Wildman–Crippen MR) is 121 cm³/mol. The Morgan fingerprint density at radius 3 is 2.81 bits per heavy atom. The maximum atomic E-state index is 12.5. The van der Waals surface area contributed by atoms with Gasteiger partial charge in [0, 0.05) is 62.4 Å². The molecule has 0 aliphatic carbocycles. The van der Waals surface area contributed by atoms with E-state index >= 15 is 0 Å². The van der Waals surface area contributed by atoms with Crippen molar-refractivity contribution in [3.63, 3.8) is 0 Å². The lowest BCUT2D eigenvalue weighted by molar-refractivity contribution is -0.117. The number of ether oxygens (including phenoxy) is 1. The molecule has 3 aromatic heterocycles. The molecule has 4 rings (SSSR count). The highest BCUT2D eigenvalue weighted by Gasteiger charge is 2.15. The molecule has 1 aliphatic heterocycles. The number of ketones is 1. The Morgan fingerprint density at radius 2 is 2.00 bits per heavy atom. The van der Waals surface area contributed by atoms with Crippen molar-refractivity contribution in [2.45, 2.75) is 25.7 Å². The number of nitrogens with zero attached hydrogens (tertiary/aromatic N) is 3. The van der Waals surface area contributed by atoms with Gasteiger partial charge in [0.15, 0.2) is 0 Å². The molecule has 0 unspecified atom stereocenters. The monoisotopic (exact) mass is 436 g/mol. The van der Waals surface area contributed by atoms with Gasteiger partial charge in [0.05, 0.1) is 10.7 Å². The molecule has 0 atom stereocenters. The van der Waals surface area contributed by atoms with Gasteiger partial charge in [-0.25, -0.2) is 4.98 Å². The van der Waals surface area contributed by atoms with Crippen LogP contribution < -0.4 is 5.32 Å². The Morgan fingerprint density at radius 1 is 1.13 bits per heavy atom. The average Bonchev–Trinajstić information content (AvgIpc) is 2.80. The maximum absolute atomic E-state index is 12.5. The molecule has 31 heavy (non-hydrogen) atoms. The standard InChI is InChI=1S/C24H25ClN4O2/c25-22-16-27-19(12-20(30)11-18-3-2-8-26-14-18)13-21(22)23-4-1-5-24(29-23)28-15-17-6-9-31-10-7-17/h1-5,8,13-14,16-17H,6-7,9-12,15H2,(H,28,29). The molecule has 0 aromatic carbocycles. The maximum Gasteiger partial charge on any atom is 0.143 e.